The van der Waals surface area contributed by atoms with Crippen LogP contribution in [-0.4, -0.2) is 18.2 Å². The highest BCUT2D eigenvalue weighted by Gasteiger charge is 2.66. The molecule has 3 aliphatic heterocycles. The molecule has 0 aromatic carbocycles. The van der Waals surface area contributed by atoms with Crippen molar-refractivity contribution in [1.82, 2.24) is 0 Å². The van der Waals surface area contributed by atoms with Gasteiger partial charge in [-0.05, 0) is 19.4 Å². The third-order valence-corrected chi connectivity index (χ3v) is 7.25. The lowest BCUT2D eigenvalue weighted by Crippen LogP contribution is -2.62. The molecule has 0 spiro atoms. The summed E-state index contributed by atoms with van der Waals surface area (Å²) in [5.74, 6) is 0.0690. The van der Waals surface area contributed by atoms with Crippen molar-refractivity contribution in [3.05, 3.63) is 12.2 Å². The maximum Gasteiger partial charge on any atom is 0.165 e. The van der Waals surface area contributed by atoms with Crippen molar-refractivity contribution in [1.29, 1.82) is 0 Å². The van der Waals surface area contributed by atoms with Crippen LogP contribution in [0.25, 0.3) is 0 Å². The zero-order valence-corrected chi connectivity index (χ0v) is 8.68. The van der Waals surface area contributed by atoms with Crippen molar-refractivity contribution in [2.75, 3.05) is 0 Å². The lowest BCUT2D eigenvalue weighted by molar-refractivity contribution is -0.119. The molecule has 3 saturated heterocycles. The summed E-state index contributed by atoms with van der Waals surface area (Å²) in [6, 6.07) is 0. The van der Waals surface area contributed by atoms with Gasteiger partial charge in [-0.1, -0.05) is 6.58 Å². The molecule has 2 nitrogen and oxygen atoms in total. The minimum Gasteiger partial charge on any atom is -0.297 e. The first-order valence-electron chi connectivity index (χ1n) is 3.75. The molecular weight excluding hydrogens is 192 g/mol. The smallest absolute Gasteiger partial charge is 0.165 e. The van der Waals surface area contributed by atoms with E-state index in [0.717, 1.165) is 5.57 Å². The highest BCUT2D eigenvalue weighted by atomic mass is 32.3. The van der Waals surface area contributed by atoms with Crippen molar-refractivity contribution in [3.8, 4) is 0 Å². The molecule has 4 heteroatoms. The number of ketones is 1. The summed E-state index contributed by atoms with van der Waals surface area (Å²) in [6.07, 6.45) is 0.408. The van der Waals surface area contributed by atoms with E-state index >= 15 is 0 Å². The molecule has 0 N–H and O–H groups in total. The van der Waals surface area contributed by atoms with E-state index in [1.54, 1.807) is 6.92 Å². The first kappa shape index (κ1) is 8.51. The van der Waals surface area contributed by atoms with E-state index in [1.165, 1.54) is 11.8 Å². The lowest BCUT2D eigenvalue weighted by atomic mass is 10.0. The van der Waals surface area contributed by atoms with E-state index in [1.807, 2.05) is 6.92 Å². The molecule has 0 aromatic rings. The van der Waals surface area contributed by atoms with Gasteiger partial charge >= 0.3 is 0 Å². The first-order chi connectivity index (χ1) is 5.41. The fraction of sp³-hybridized carbons (Fsp3) is 0.625. The molecule has 0 aliphatic carbocycles. The topological polar surface area (TPSA) is 34.1 Å². The molecule has 3 unspecified atom stereocenters. The second-order valence-corrected chi connectivity index (χ2v) is 7.99. The molecule has 3 fully saturated rings. The maximum atomic E-state index is 11.7. The summed E-state index contributed by atoms with van der Waals surface area (Å²) < 4.78 is 10.7. The summed E-state index contributed by atoms with van der Waals surface area (Å²) in [6.45, 7) is 7.48. The van der Waals surface area contributed by atoms with Crippen LogP contribution < -0.4 is 0 Å². The van der Waals surface area contributed by atoms with Crippen molar-refractivity contribution < 1.29 is 9.00 Å². The largest absolute Gasteiger partial charge is 0.297 e. The average Bonchev–Trinajstić information content (AvgIpc) is 2.00. The third-order valence-electron chi connectivity index (χ3n) is 2.62. The van der Waals surface area contributed by atoms with Gasteiger partial charge in [-0.3, -0.25) is 9.00 Å². The monoisotopic (exact) mass is 202 g/mol. The zero-order valence-electron chi connectivity index (χ0n) is 7.05. The molecule has 3 aliphatic rings. The quantitative estimate of drug-likeness (QED) is 0.557. The summed E-state index contributed by atoms with van der Waals surface area (Å²) in [5, 5.41) is 0. The standard InChI is InChI=1S/C8H10O2S2/c1-5-4-6(9)8(3)11-7(5,2)12(8)10/h1,4H2,2-3H3. The number of carbonyl (C=O) groups is 1. The van der Waals surface area contributed by atoms with Gasteiger partial charge in [0.1, 0.15) is 8.16 Å². The zero-order chi connectivity index (χ0) is 9.15. The van der Waals surface area contributed by atoms with Crippen LogP contribution >= 0.6 is 11.8 Å². The number of fused-ring (bicyclic) bond motifs is 2. The van der Waals surface area contributed by atoms with Gasteiger partial charge in [-0.2, -0.15) is 0 Å². The number of carbonyl (C=O) groups excluding carboxylic acids is 1. The van der Waals surface area contributed by atoms with Crippen LogP contribution in [0.2, 0.25) is 0 Å². The van der Waals surface area contributed by atoms with Crippen LogP contribution in [0.1, 0.15) is 20.3 Å². The highest BCUT2D eigenvalue weighted by Crippen LogP contribution is 2.63. The van der Waals surface area contributed by atoms with Crippen LogP contribution in [0.5, 0.6) is 0 Å². The van der Waals surface area contributed by atoms with E-state index < -0.39 is 14.9 Å². The van der Waals surface area contributed by atoms with Gasteiger partial charge < -0.3 is 0 Å². The summed E-state index contributed by atoms with van der Waals surface area (Å²) in [4.78, 5) is 11.4. The minimum atomic E-state index is -1.07. The van der Waals surface area contributed by atoms with Gasteiger partial charge in [-0.25, -0.2) is 0 Å². The predicted molar refractivity (Wildman–Crippen MR) is 51.3 cm³/mol. The number of hydrogen-bond donors (Lipinski definition) is 0. The molecule has 12 heavy (non-hydrogen) atoms. The van der Waals surface area contributed by atoms with Crippen LogP contribution in [-0.2, 0) is 15.6 Å². The minimum absolute atomic E-state index is 0.0690. The van der Waals surface area contributed by atoms with Gasteiger partial charge in [-0.15, -0.1) is 11.8 Å². The second kappa shape index (κ2) is 2.04. The van der Waals surface area contributed by atoms with Crippen LogP contribution in [0, 0.1) is 0 Å². The Balaban J connectivity index is 2.48. The Morgan fingerprint density at radius 2 is 2.08 bits per heavy atom. The molecule has 66 valence electrons. The van der Waals surface area contributed by atoms with Gasteiger partial charge in [0.15, 0.2) is 5.78 Å². The summed E-state index contributed by atoms with van der Waals surface area (Å²) in [5.41, 5.74) is 0.819. The Morgan fingerprint density at radius 3 is 2.58 bits per heavy atom. The lowest BCUT2D eigenvalue weighted by Gasteiger charge is -2.54. The fourth-order valence-electron chi connectivity index (χ4n) is 1.66. The van der Waals surface area contributed by atoms with E-state index in [4.69, 9.17) is 0 Å². The second-order valence-electron chi connectivity index (χ2n) is 3.47. The fourth-order valence-corrected chi connectivity index (χ4v) is 6.20. The number of rotatable bonds is 0. The Morgan fingerprint density at radius 1 is 1.50 bits per heavy atom. The predicted octanol–water partition coefficient (Wildman–Crippen LogP) is 1.44. The Labute approximate surface area is 78.3 Å². The molecule has 2 bridgehead atoms. The summed E-state index contributed by atoms with van der Waals surface area (Å²) in [7, 11) is -1.07. The van der Waals surface area contributed by atoms with Crippen molar-refractivity contribution in [3.63, 3.8) is 0 Å². The highest BCUT2D eigenvalue weighted by molar-refractivity contribution is 8.30. The SMILES string of the molecule is C=C1CC(=O)C2(C)SC1(C)S2=O. The van der Waals surface area contributed by atoms with Crippen molar-refractivity contribution >= 4 is 28.3 Å². The van der Waals surface area contributed by atoms with Crippen LogP contribution in [0.4, 0.5) is 0 Å². The van der Waals surface area contributed by atoms with Crippen molar-refractivity contribution in [2.24, 2.45) is 0 Å². The van der Waals surface area contributed by atoms with Gasteiger partial charge in [0, 0.05) is 6.42 Å². The van der Waals surface area contributed by atoms with E-state index in [9.17, 15) is 9.00 Å². The maximum absolute atomic E-state index is 11.7. The van der Waals surface area contributed by atoms with E-state index in [-0.39, 0.29) is 9.86 Å². The molecule has 0 radical (unpaired) electrons. The number of hydrogen-bond acceptors (Lipinski definition) is 3. The molecule has 0 amide bonds. The van der Waals surface area contributed by atoms with Crippen LogP contribution in [0.3, 0.4) is 0 Å². The Bertz CT molecular complexity index is 295. The molecule has 0 saturated carbocycles. The van der Waals surface area contributed by atoms with Gasteiger partial charge in [0.2, 0.25) is 0 Å². The van der Waals surface area contributed by atoms with E-state index in [0.29, 0.717) is 6.42 Å². The van der Waals surface area contributed by atoms with E-state index in [2.05, 4.69) is 6.58 Å². The van der Waals surface area contributed by atoms with Gasteiger partial charge in [0.25, 0.3) is 0 Å². The number of Topliss-reactive ketones (excluding diaryl/α,β-unsaturated/α-hetero) is 1. The molecular formula is C8H10O2S2. The Kier molecular flexibility index (Phi) is 1.45. The molecule has 0 aromatic heterocycles. The van der Waals surface area contributed by atoms with Crippen molar-refractivity contribution in [2.45, 2.75) is 28.4 Å². The molecule has 3 rings (SSSR count). The average molecular weight is 202 g/mol. The third kappa shape index (κ3) is 0.684. The van der Waals surface area contributed by atoms with Crippen LogP contribution in [0.15, 0.2) is 12.2 Å². The normalized spacial score (nSPS) is 52.0. The molecule has 3 heterocycles. The molecule has 3 atom stereocenters. The summed E-state index contributed by atoms with van der Waals surface area (Å²) >= 11 is 1.49. The first-order valence-corrected chi connectivity index (χ1v) is 5.71. The Hall–Kier alpha value is -0.0900. The number of thioether (sulfide) groups is 1. The van der Waals surface area contributed by atoms with Gasteiger partial charge in [0.05, 0.1) is 10.8 Å².